The molecule has 0 atom stereocenters. The van der Waals surface area contributed by atoms with E-state index in [1.54, 1.807) is 7.11 Å². The van der Waals surface area contributed by atoms with E-state index in [4.69, 9.17) is 32.4 Å². The summed E-state index contributed by atoms with van der Waals surface area (Å²) in [5.41, 5.74) is 1.67. The zero-order valence-electron chi connectivity index (χ0n) is 13.2. The summed E-state index contributed by atoms with van der Waals surface area (Å²) < 4.78 is 11.8. The maximum atomic E-state index is 12.3. The molecule has 0 saturated heterocycles. The molecule has 0 fully saturated rings. The van der Waals surface area contributed by atoms with Gasteiger partial charge in [-0.2, -0.15) is 0 Å². The third-order valence-electron chi connectivity index (χ3n) is 3.61. The maximum absolute atomic E-state index is 12.3. The molecule has 0 aliphatic carbocycles. The van der Waals surface area contributed by atoms with Gasteiger partial charge in [-0.05, 0) is 24.3 Å². The van der Waals surface area contributed by atoms with Crippen molar-refractivity contribution in [3.05, 3.63) is 49.9 Å². The number of benzene rings is 1. The fourth-order valence-electron chi connectivity index (χ4n) is 2.37. The molecule has 0 aliphatic heterocycles. The second-order valence-electron chi connectivity index (χ2n) is 5.24. The molecule has 3 heterocycles. The summed E-state index contributed by atoms with van der Waals surface area (Å²) in [5.74, 6) is 0.978. The van der Waals surface area contributed by atoms with Crippen LogP contribution in [0.25, 0.3) is 22.4 Å². The SMILES string of the molecule is COc1ccc2cc(-c3csc(NC(=O)c4cc(Cl)sc4Cl)n3)oc2c1. The molecule has 0 unspecified atom stereocenters. The van der Waals surface area contributed by atoms with E-state index in [0.29, 0.717) is 36.4 Å². The van der Waals surface area contributed by atoms with Crippen LogP contribution in [0.1, 0.15) is 10.4 Å². The van der Waals surface area contributed by atoms with Crippen LogP contribution in [0.4, 0.5) is 5.13 Å². The number of thiazole rings is 1. The molecule has 4 rings (SSSR count). The molecule has 0 spiro atoms. The van der Waals surface area contributed by atoms with Gasteiger partial charge in [0.2, 0.25) is 0 Å². The van der Waals surface area contributed by atoms with E-state index in [0.717, 1.165) is 22.5 Å². The van der Waals surface area contributed by atoms with Crippen LogP contribution >= 0.6 is 45.9 Å². The first kappa shape index (κ1) is 17.4. The van der Waals surface area contributed by atoms with Gasteiger partial charge in [0, 0.05) is 16.8 Å². The Morgan fingerprint density at radius 2 is 2.12 bits per heavy atom. The summed E-state index contributed by atoms with van der Waals surface area (Å²) in [4.78, 5) is 16.7. The lowest BCUT2D eigenvalue weighted by molar-refractivity contribution is 0.102. The highest BCUT2D eigenvalue weighted by Crippen LogP contribution is 2.34. The molecule has 0 radical (unpaired) electrons. The largest absolute Gasteiger partial charge is 0.497 e. The lowest BCUT2D eigenvalue weighted by atomic mass is 10.2. The van der Waals surface area contributed by atoms with Gasteiger partial charge in [0.25, 0.3) is 5.91 Å². The van der Waals surface area contributed by atoms with Gasteiger partial charge in [0.1, 0.15) is 21.4 Å². The van der Waals surface area contributed by atoms with Crippen molar-refractivity contribution in [1.82, 2.24) is 4.98 Å². The summed E-state index contributed by atoms with van der Waals surface area (Å²) in [6.45, 7) is 0. The van der Waals surface area contributed by atoms with Gasteiger partial charge in [-0.3, -0.25) is 10.1 Å². The Balaban J connectivity index is 1.58. The van der Waals surface area contributed by atoms with Crippen molar-refractivity contribution in [1.29, 1.82) is 0 Å². The number of rotatable bonds is 4. The van der Waals surface area contributed by atoms with Gasteiger partial charge in [-0.15, -0.1) is 22.7 Å². The van der Waals surface area contributed by atoms with E-state index in [9.17, 15) is 4.79 Å². The number of amides is 1. The highest BCUT2D eigenvalue weighted by molar-refractivity contribution is 7.20. The highest BCUT2D eigenvalue weighted by atomic mass is 35.5. The molecular weight excluding hydrogens is 415 g/mol. The summed E-state index contributed by atoms with van der Waals surface area (Å²) in [6.07, 6.45) is 0. The maximum Gasteiger partial charge on any atom is 0.259 e. The number of ether oxygens (including phenoxy) is 1. The van der Waals surface area contributed by atoms with E-state index >= 15 is 0 Å². The van der Waals surface area contributed by atoms with E-state index in [-0.39, 0.29) is 5.91 Å². The summed E-state index contributed by atoms with van der Waals surface area (Å²) in [5, 5.41) is 5.93. The molecule has 3 aromatic heterocycles. The van der Waals surface area contributed by atoms with Gasteiger partial charge in [0.15, 0.2) is 10.9 Å². The monoisotopic (exact) mass is 424 g/mol. The Morgan fingerprint density at radius 3 is 2.85 bits per heavy atom. The highest BCUT2D eigenvalue weighted by Gasteiger charge is 2.17. The first-order chi connectivity index (χ1) is 12.5. The fraction of sp³-hybridized carbons (Fsp3) is 0.0588. The number of carbonyl (C=O) groups is 1. The van der Waals surface area contributed by atoms with Crippen LogP contribution in [0.3, 0.4) is 0 Å². The first-order valence-corrected chi connectivity index (χ1v) is 9.78. The Bertz CT molecular complexity index is 1120. The van der Waals surface area contributed by atoms with Gasteiger partial charge in [0.05, 0.1) is 17.0 Å². The number of carbonyl (C=O) groups excluding carboxylic acids is 1. The van der Waals surface area contributed by atoms with E-state index in [1.807, 2.05) is 29.6 Å². The molecule has 5 nitrogen and oxygen atoms in total. The van der Waals surface area contributed by atoms with Crippen molar-refractivity contribution in [2.45, 2.75) is 0 Å². The number of fused-ring (bicyclic) bond motifs is 1. The number of hydrogen-bond acceptors (Lipinski definition) is 6. The van der Waals surface area contributed by atoms with Crippen molar-refractivity contribution >= 4 is 67.9 Å². The minimum absolute atomic E-state index is 0.328. The number of aromatic nitrogens is 1. The topological polar surface area (TPSA) is 64.4 Å². The Kier molecular flexibility index (Phi) is 4.62. The van der Waals surface area contributed by atoms with Crippen LogP contribution in [-0.2, 0) is 0 Å². The smallest absolute Gasteiger partial charge is 0.259 e. The number of halogens is 2. The second kappa shape index (κ2) is 6.92. The van der Waals surface area contributed by atoms with Gasteiger partial charge >= 0.3 is 0 Å². The van der Waals surface area contributed by atoms with Crippen LogP contribution in [-0.4, -0.2) is 18.0 Å². The Labute approximate surface area is 166 Å². The molecule has 1 N–H and O–H groups in total. The van der Waals surface area contributed by atoms with Crippen molar-refractivity contribution in [2.75, 3.05) is 12.4 Å². The minimum Gasteiger partial charge on any atom is -0.497 e. The predicted molar refractivity (Wildman–Crippen MR) is 106 cm³/mol. The Morgan fingerprint density at radius 1 is 1.27 bits per heavy atom. The van der Waals surface area contributed by atoms with Crippen LogP contribution in [0.2, 0.25) is 8.67 Å². The third-order valence-corrected chi connectivity index (χ3v) is 5.85. The molecule has 1 amide bonds. The molecule has 26 heavy (non-hydrogen) atoms. The van der Waals surface area contributed by atoms with Gasteiger partial charge in [-0.25, -0.2) is 4.98 Å². The quantitative estimate of drug-likeness (QED) is 0.424. The van der Waals surface area contributed by atoms with Crippen LogP contribution in [0, 0.1) is 0 Å². The van der Waals surface area contributed by atoms with Gasteiger partial charge in [-0.1, -0.05) is 23.2 Å². The molecule has 4 aromatic rings. The molecule has 132 valence electrons. The van der Waals surface area contributed by atoms with Crippen LogP contribution in [0.5, 0.6) is 5.75 Å². The molecular formula is C17H10Cl2N2O3S2. The number of thiophene rings is 1. The fourth-order valence-corrected chi connectivity index (χ4v) is 4.52. The van der Waals surface area contributed by atoms with Crippen molar-refractivity contribution in [3.8, 4) is 17.2 Å². The lowest BCUT2D eigenvalue weighted by Crippen LogP contribution is -2.11. The average Bonchev–Trinajstić information content (AvgIpc) is 3.31. The van der Waals surface area contributed by atoms with Crippen molar-refractivity contribution in [2.24, 2.45) is 0 Å². The van der Waals surface area contributed by atoms with Crippen molar-refractivity contribution in [3.63, 3.8) is 0 Å². The number of anilines is 1. The van der Waals surface area contributed by atoms with Crippen molar-refractivity contribution < 1.29 is 13.9 Å². The molecule has 0 bridgehead atoms. The van der Waals surface area contributed by atoms with E-state index < -0.39 is 0 Å². The molecule has 0 aliphatic rings. The van der Waals surface area contributed by atoms with Crippen LogP contribution < -0.4 is 10.1 Å². The average molecular weight is 425 g/mol. The van der Waals surface area contributed by atoms with Gasteiger partial charge < -0.3 is 9.15 Å². The third kappa shape index (κ3) is 3.31. The number of nitrogens with one attached hydrogen (secondary N) is 1. The normalized spacial score (nSPS) is 11.0. The number of methoxy groups -OCH3 is 1. The minimum atomic E-state index is -0.353. The molecule has 1 aromatic carbocycles. The second-order valence-corrected chi connectivity index (χ2v) is 8.39. The Hall–Kier alpha value is -2.06. The van der Waals surface area contributed by atoms with Crippen LogP contribution in [0.15, 0.2) is 40.1 Å². The zero-order chi connectivity index (χ0) is 18.3. The standard InChI is InChI=1S/C17H10Cl2N2O3S2/c1-23-9-3-2-8-4-13(24-12(8)5-9)11-7-25-17(20-11)21-16(22)10-6-14(18)26-15(10)19/h2-7H,1H3,(H,20,21,22). The number of nitrogens with zero attached hydrogens (tertiary/aromatic N) is 1. The first-order valence-electron chi connectivity index (χ1n) is 7.33. The lowest BCUT2D eigenvalue weighted by Gasteiger charge is -1.99. The zero-order valence-corrected chi connectivity index (χ0v) is 16.4. The number of hydrogen-bond donors (Lipinski definition) is 1. The predicted octanol–water partition coefficient (Wildman–Crippen LogP) is 6.19. The summed E-state index contributed by atoms with van der Waals surface area (Å²) in [7, 11) is 1.60. The summed E-state index contributed by atoms with van der Waals surface area (Å²) >= 11 is 14.3. The number of furan rings is 1. The summed E-state index contributed by atoms with van der Waals surface area (Å²) in [6, 6.07) is 9.02. The molecule has 9 heteroatoms. The molecule has 0 saturated carbocycles. The van der Waals surface area contributed by atoms with E-state index in [2.05, 4.69) is 10.3 Å². The van der Waals surface area contributed by atoms with E-state index in [1.165, 1.54) is 17.4 Å².